The highest BCUT2D eigenvalue weighted by atomic mass is 16.5. The van der Waals surface area contributed by atoms with E-state index in [4.69, 9.17) is 4.74 Å². The fraction of sp³-hybridized carbons (Fsp3) is 0.400. The summed E-state index contributed by atoms with van der Waals surface area (Å²) in [5.74, 6) is -0.557. The van der Waals surface area contributed by atoms with Gasteiger partial charge in [0.1, 0.15) is 12.4 Å². The van der Waals surface area contributed by atoms with Crippen LogP contribution in [0.5, 0.6) is 0 Å². The molecule has 0 radical (unpaired) electrons. The summed E-state index contributed by atoms with van der Waals surface area (Å²) in [5.41, 5.74) is 1.65. The van der Waals surface area contributed by atoms with Gasteiger partial charge in [0.2, 0.25) is 5.91 Å². The summed E-state index contributed by atoms with van der Waals surface area (Å²) in [5, 5.41) is 10.9. The highest BCUT2D eigenvalue weighted by molar-refractivity contribution is 5.85. The van der Waals surface area contributed by atoms with Crippen molar-refractivity contribution >= 4 is 11.9 Å². The largest absolute Gasteiger partial charge is 0.464 e. The van der Waals surface area contributed by atoms with Gasteiger partial charge in [-0.15, -0.1) is 5.10 Å². The number of benzene rings is 1. The number of carbonyl (C=O) groups excluding carboxylic acids is 2. The highest BCUT2D eigenvalue weighted by Crippen LogP contribution is 2.10. The Morgan fingerprint density at radius 2 is 2.00 bits per heavy atom. The van der Waals surface area contributed by atoms with Crippen molar-refractivity contribution in [2.75, 3.05) is 13.7 Å². The lowest BCUT2D eigenvalue weighted by molar-refractivity contribution is -0.152. The molecular formula is C15H19N5O3. The first kappa shape index (κ1) is 16.6. The molecule has 0 saturated heterocycles. The number of amides is 1. The van der Waals surface area contributed by atoms with Crippen LogP contribution in [0.2, 0.25) is 0 Å². The number of hydrogen-bond acceptors (Lipinski definition) is 6. The van der Waals surface area contributed by atoms with Gasteiger partial charge in [0, 0.05) is 7.05 Å². The van der Waals surface area contributed by atoms with Crippen LogP contribution >= 0.6 is 0 Å². The summed E-state index contributed by atoms with van der Waals surface area (Å²) in [6.07, 6.45) is 1.70. The van der Waals surface area contributed by atoms with Crippen molar-refractivity contribution in [1.82, 2.24) is 25.1 Å². The molecule has 1 amide bonds. The van der Waals surface area contributed by atoms with Crippen molar-refractivity contribution in [3.8, 4) is 5.69 Å². The lowest BCUT2D eigenvalue weighted by Crippen LogP contribution is -2.42. The molecule has 2 rings (SSSR count). The molecule has 23 heavy (non-hydrogen) atoms. The van der Waals surface area contributed by atoms with Crippen LogP contribution in [-0.2, 0) is 20.7 Å². The van der Waals surface area contributed by atoms with Crippen LogP contribution in [0.15, 0.2) is 30.6 Å². The number of tetrazole rings is 1. The smallest absolute Gasteiger partial charge is 0.328 e. The number of likely N-dealkylation sites (N-methyl/N-ethyl adjacent to an activating group) is 1. The summed E-state index contributed by atoms with van der Waals surface area (Å²) in [6, 6.07) is 6.71. The van der Waals surface area contributed by atoms with E-state index in [0.717, 1.165) is 11.3 Å². The fourth-order valence-corrected chi connectivity index (χ4v) is 1.98. The lowest BCUT2D eigenvalue weighted by Gasteiger charge is -2.23. The Morgan fingerprint density at radius 3 is 2.57 bits per heavy atom. The molecule has 0 N–H and O–H groups in total. The van der Waals surface area contributed by atoms with Gasteiger partial charge in [0.15, 0.2) is 0 Å². The van der Waals surface area contributed by atoms with Gasteiger partial charge >= 0.3 is 5.97 Å². The van der Waals surface area contributed by atoms with E-state index in [1.165, 1.54) is 15.9 Å². The molecule has 122 valence electrons. The monoisotopic (exact) mass is 317 g/mol. The maximum atomic E-state index is 12.3. The van der Waals surface area contributed by atoms with Crippen LogP contribution in [0.1, 0.15) is 19.4 Å². The summed E-state index contributed by atoms with van der Waals surface area (Å²) in [7, 11) is 1.60. The van der Waals surface area contributed by atoms with Crippen molar-refractivity contribution in [3.63, 3.8) is 0 Å². The molecule has 0 aliphatic rings. The zero-order chi connectivity index (χ0) is 16.8. The molecule has 0 aliphatic carbocycles. The van der Waals surface area contributed by atoms with Gasteiger partial charge in [0.25, 0.3) is 0 Å². The first-order valence-electron chi connectivity index (χ1n) is 7.27. The van der Waals surface area contributed by atoms with Gasteiger partial charge in [-0.1, -0.05) is 12.1 Å². The third-order valence-corrected chi connectivity index (χ3v) is 3.51. The van der Waals surface area contributed by atoms with E-state index in [0.29, 0.717) is 6.61 Å². The van der Waals surface area contributed by atoms with Gasteiger partial charge < -0.3 is 9.64 Å². The molecule has 8 heteroatoms. The zero-order valence-electron chi connectivity index (χ0n) is 13.3. The van der Waals surface area contributed by atoms with Crippen molar-refractivity contribution < 1.29 is 14.3 Å². The van der Waals surface area contributed by atoms with E-state index < -0.39 is 12.0 Å². The molecule has 0 spiro atoms. The Kier molecular flexibility index (Phi) is 5.40. The van der Waals surface area contributed by atoms with Gasteiger partial charge in [-0.3, -0.25) is 4.79 Å². The van der Waals surface area contributed by atoms with E-state index in [1.54, 1.807) is 20.9 Å². The molecule has 1 aromatic carbocycles. The minimum Gasteiger partial charge on any atom is -0.464 e. The fourth-order valence-electron chi connectivity index (χ4n) is 1.98. The standard InChI is InChI=1S/C15H19N5O3/c1-4-23-15(22)11(2)19(3)14(21)9-12-5-7-13(8-6-12)20-10-16-17-18-20/h5-8,10-11H,4,9H2,1-3H3. The highest BCUT2D eigenvalue weighted by Gasteiger charge is 2.23. The predicted octanol–water partition coefficient (Wildman–Crippen LogP) is 0.615. The number of ether oxygens (including phenoxy) is 1. The van der Waals surface area contributed by atoms with Crippen LogP contribution in [0.25, 0.3) is 5.69 Å². The summed E-state index contributed by atoms with van der Waals surface area (Å²) >= 11 is 0. The number of aromatic nitrogens is 4. The van der Waals surface area contributed by atoms with Gasteiger partial charge in [-0.05, 0) is 42.0 Å². The molecular weight excluding hydrogens is 298 g/mol. The summed E-state index contributed by atoms with van der Waals surface area (Å²) < 4.78 is 6.46. The molecule has 8 nitrogen and oxygen atoms in total. The van der Waals surface area contributed by atoms with Crippen molar-refractivity contribution in [3.05, 3.63) is 36.2 Å². The quantitative estimate of drug-likeness (QED) is 0.725. The Bertz CT molecular complexity index is 654. The van der Waals surface area contributed by atoms with E-state index in [2.05, 4.69) is 15.5 Å². The normalized spacial score (nSPS) is 11.8. The van der Waals surface area contributed by atoms with Crippen LogP contribution in [0.3, 0.4) is 0 Å². The molecule has 1 aromatic heterocycles. The number of hydrogen-bond donors (Lipinski definition) is 0. The maximum absolute atomic E-state index is 12.3. The van der Waals surface area contributed by atoms with E-state index in [1.807, 2.05) is 24.3 Å². The number of rotatable bonds is 6. The number of esters is 1. The first-order chi connectivity index (χ1) is 11.0. The Hall–Kier alpha value is -2.77. The second-order valence-corrected chi connectivity index (χ2v) is 5.03. The van der Waals surface area contributed by atoms with Crippen molar-refractivity contribution in [2.45, 2.75) is 26.3 Å². The van der Waals surface area contributed by atoms with E-state index >= 15 is 0 Å². The number of carbonyl (C=O) groups is 2. The van der Waals surface area contributed by atoms with Gasteiger partial charge in [-0.25, -0.2) is 9.48 Å². The predicted molar refractivity (Wildman–Crippen MR) is 81.7 cm³/mol. The van der Waals surface area contributed by atoms with E-state index in [-0.39, 0.29) is 12.3 Å². The topological polar surface area (TPSA) is 90.2 Å². The average molecular weight is 317 g/mol. The molecule has 0 saturated carbocycles. The first-order valence-corrected chi connectivity index (χ1v) is 7.27. The van der Waals surface area contributed by atoms with Crippen LogP contribution in [0.4, 0.5) is 0 Å². The lowest BCUT2D eigenvalue weighted by atomic mass is 10.1. The molecule has 1 heterocycles. The van der Waals surface area contributed by atoms with E-state index in [9.17, 15) is 9.59 Å². The Balaban J connectivity index is 1.98. The molecule has 0 aliphatic heterocycles. The third kappa shape index (κ3) is 4.12. The van der Waals surface area contributed by atoms with Gasteiger partial charge in [0.05, 0.1) is 18.7 Å². The zero-order valence-corrected chi connectivity index (χ0v) is 13.3. The SMILES string of the molecule is CCOC(=O)C(C)N(C)C(=O)Cc1ccc(-n2cnnn2)cc1. The maximum Gasteiger partial charge on any atom is 0.328 e. The molecule has 0 fully saturated rings. The van der Waals surface area contributed by atoms with Crippen molar-refractivity contribution in [2.24, 2.45) is 0 Å². The Morgan fingerprint density at radius 1 is 1.30 bits per heavy atom. The van der Waals surface area contributed by atoms with Crippen LogP contribution in [-0.4, -0.2) is 56.7 Å². The molecule has 1 atom stereocenters. The minimum absolute atomic E-state index is 0.152. The molecule has 1 unspecified atom stereocenters. The third-order valence-electron chi connectivity index (χ3n) is 3.51. The molecule has 2 aromatic rings. The minimum atomic E-state index is -0.608. The van der Waals surface area contributed by atoms with Crippen molar-refractivity contribution in [1.29, 1.82) is 0 Å². The van der Waals surface area contributed by atoms with Crippen LogP contribution < -0.4 is 0 Å². The second-order valence-electron chi connectivity index (χ2n) is 5.03. The average Bonchev–Trinajstić information content (AvgIpc) is 3.08. The van der Waals surface area contributed by atoms with Gasteiger partial charge in [-0.2, -0.15) is 0 Å². The molecule has 0 bridgehead atoms. The summed E-state index contributed by atoms with van der Waals surface area (Å²) in [4.78, 5) is 25.3. The second kappa shape index (κ2) is 7.48. The summed E-state index contributed by atoms with van der Waals surface area (Å²) in [6.45, 7) is 3.68. The van der Waals surface area contributed by atoms with Crippen LogP contribution in [0, 0.1) is 0 Å². The Labute approximate surface area is 134 Å². The number of nitrogens with zero attached hydrogens (tertiary/aromatic N) is 5.